The summed E-state index contributed by atoms with van der Waals surface area (Å²) in [5.74, 6) is 0. The summed E-state index contributed by atoms with van der Waals surface area (Å²) >= 11 is 0. The smallest absolute Gasteiger partial charge is 0.324 e. The Morgan fingerprint density at radius 1 is 1.17 bits per heavy atom. The molecule has 0 aliphatic rings. The van der Waals surface area contributed by atoms with Gasteiger partial charge in [0.05, 0.1) is 5.56 Å². The zero-order valence-electron chi connectivity index (χ0n) is 9.23. The van der Waals surface area contributed by atoms with Gasteiger partial charge in [-0.2, -0.15) is 26.3 Å². The SMILES string of the molecule is CCC(N)c1cnc(C(F)(F)F)cc1C(F)(F)F. The van der Waals surface area contributed by atoms with E-state index in [4.69, 9.17) is 5.73 Å². The molecule has 2 N–H and O–H groups in total. The van der Waals surface area contributed by atoms with Gasteiger partial charge in [-0.25, -0.2) is 0 Å². The molecule has 0 aliphatic carbocycles. The number of rotatable bonds is 2. The first kappa shape index (κ1) is 14.7. The fourth-order valence-corrected chi connectivity index (χ4v) is 1.38. The molecule has 0 radical (unpaired) electrons. The molecule has 1 atom stereocenters. The fourth-order valence-electron chi connectivity index (χ4n) is 1.38. The minimum atomic E-state index is -4.92. The Labute approximate surface area is 98.8 Å². The maximum absolute atomic E-state index is 12.7. The second-order valence-corrected chi connectivity index (χ2v) is 3.67. The molecule has 8 heteroatoms. The van der Waals surface area contributed by atoms with Crippen molar-refractivity contribution in [2.75, 3.05) is 0 Å². The third-order valence-corrected chi connectivity index (χ3v) is 2.37. The van der Waals surface area contributed by atoms with Crippen LogP contribution in [0.15, 0.2) is 12.3 Å². The van der Waals surface area contributed by atoms with Crippen LogP contribution in [0.1, 0.15) is 36.2 Å². The highest BCUT2D eigenvalue weighted by Crippen LogP contribution is 2.37. The average molecular weight is 272 g/mol. The highest BCUT2D eigenvalue weighted by atomic mass is 19.4. The molecule has 102 valence electrons. The summed E-state index contributed by atoms with van der Waals surface area (Å²) in [6, 6.07) is -1.01. The van der Waals surface area contributed by atoms with E-state index in [0.29, 0.717) is 6.20 Å². The molecule has 1 unspecified atom stereocenters. The topological polar surface area (TPSA) is 38.9 Å². The lowest BCUT2D eigenvalue weighted by Crippen LogP contribution is -2.20. The van der Waals surface area contributed by atoms with Crippen LogP contribution in [0.3, 0.4) is 0 Å². The Kier molecular flexibility index (Phi) is 3.89. The van der Waals surface area contributed by atoms with Crippen molar-refractivity contribution in [3.8, 4) is 0 Å². The van der Waals surface area contributed by atoms with Crippen molar-refractivity contribution in [3.63, 3.8) is 0 Å². The van der Waals surface area contributed by atoms with Crippen molar-refractivity contribution in [1.29, 1.82) is 0 Å². The van der Waals surface area contributed by atoms with E-state index in [-0.39, 0.29) is 12.5 Å². The van der Waals surface area contributed by atoms with Gasteiger partial charge in [0, 0.05) is 12.2 Å². The van der Waals surface area contributed by atoms with Gasteiger partial charge < -0.3 is 5.73 Å². The summed E-state index contributed by atoms with van der Waals surface area (Å²) in [6.07, 6.45) is -9.12. The van der Waals surface area contributed by atoms with Crippen LogP contribution >= 0.6 is 0 Å². The number of pyridine rings is 1. The van der Waals surface area contributed by atoms with Crippen molar-refractivity contribution in [2.45, 2.75) is 31.7 Å². The van der Waals surface area contributed by atoms with Crippen LogP contribution in [0.2, 0.25) is 0 Å². The lowest BCUT2D eigenvalue weighted by Gasteiger charge is -2.18. The van der Waals surface area contributed by atoms with Crippen molar-refractivity contribution < 1.29 is 26.3 Å². The highest BCUT2D eigenvalue weighted by molar-refractivity contribution is 5.32. The number of hydrogen-bond acceptors (Lipinski definition) is 2. The van der Waals surface area contributed by atoms with Gasteiger partial charge in [0.25, 0.3) is 0 Å². The quantitative estimate of drug-likeness (QED) is 0.836. The van der Waals surface area contributed by atoms with E-state index in [2.05, 4.69) is 4.98 Å². The molecule has 0 saturated carbocycles. The van der Waals surface area contributed by atoms with Crippen LogP contribution in [-0.4, -0.2) is 4.98 Å². The first-order valence-corrected chi connectivity index (χ1v) is 4.97. The Morgan fingerprint density at radius 2 is 1.72 bits per heavy atom. The van der Waals surface area contributed by atoms with Crippen molar-refractivity contribution in [2.24, 2.45) is 5.73 Å². The Hall–Kier alpha value is -1.31. The molecule has 1 aromatic heterocycles. The van der Waals surface area contributed by atoms with Crippen LogP contribution in [0.4, 0.5) is 26.3 Å². The van der Waals surface area contributed by atoms with E-state index in [1.165, 1.54) is 6.92 Å². The Morgan fingerprint density at radius 3 is 2.11 bits per heavy atom. The van der Waals surface area contributed by atoms with Crippen molar-refractivity contribution >= 4 is 0 Å². The number of halogens is 6. The van der Waals surface area contributed by atoms with Gasteiger partial charge in [-0.1, -0.05) is 6.92 Å². The van der Waals surface area contributed by atoms with Crippen LogP contribution < -0.4 is 5.73 Å². The first-order valence-electron chi connectivity index (χ1n) is 4.97. The molecule has 0 fully saturated rings. The third-order valence-electron chi connectivity index (χ3n) is 2.37. The molecule has 1 aromatic rings. The van der Waals surface area contributed by atoms with Crippen LogP contribution in [-0.2, 0) is 12.4 Å². The summed E-state index contributed by atoms with van der Waals surface area (Å²) in [5, 5.41) is 0. The average Bonchev–Trinajstić information content (AvgIpc) is 2.24. The standard InChI is InChI=1S/C10H10F6N2/c1-2-7(17)5-4-18-8(10(14,15)16)3-6(5)9(11,12)13/h3-4,7H,2,17H2,1H3. The zero-order valence-corrected chi connectivity index (χ0v) is 9.23. The molecular formula is C10H10F6N2. The van der Waals surface area contributed by atoms with E-state index in [0.717, 1.165) is 0 Å². The first-order chi connectivity index (χ1) is 8.07. The Balaban J connectivity index is 3.40. The van der Waals surface area contributed by atoms with Crippen LogP contribution in [0.5, 0.6) is 0 Å². The maximum atomic E-state index is 12.7. The largest absolute Gasteiger partial charge is 0.433 e. The van der Waals surface area contributed by atoms with E-state index >= 15 is 0 Å². The lowest BCUT2D eigenvalue weighted by atomic mass is 10.0. The second-order valence-electron chi connectivity index (χ2n) is 3.67. The molecule has 0 amide bonds. The summed E-state index contributed by atoms with van der Waals surface area (Å²) in [5.41, 5.74) is 2.03. The number of nitrogens with zero attached hydrogens (tertiary/aromatic N) is 1. The minimum Gasteiger partial charge on any atom is -0.324 e. The molecule has 1 rings (SSSR count). The van der Waals surface area contributed by atoms with Gasteiger partial charge in [-0.15, -0.1) is 0 Å². The summed E-state index contributed by atoms with van der Waals surface area (Å²) in [6.45, 7) is 1.53. The number of hydrogen-bond donors (Lipinski definition) is 1. The van der Waals surface area contributed by atoms with Gasteiger partial charge >= 0.3 is 12.4 Å². The van der Waals surface area contributed by atoms with Gasteiger partial charge in [-0.05, 0) is 18.1 Å². The lowest BCUT2D eigenvalue weighted by molar-refractivity contribution is -0.146. The van der Waals surface area contributed by atoms with Crippen molar-refractivity contribution in [3.05, 3.63) is 29.1 Å². The number of nitrogens with two attached hydrogens (primary N) is 1. The van der Waals surface area contributed by atoms with Gasteiger partial charge in [0.1, 0.15) is 5.69 Å². The number of alkyl halides is 6. The molecular weight excluding hydrogens is 262 g/mol. The van der Waals surface area contributed by atoms with E-state index in [9.17, 15) is 26.3 Å². The monoisotopic (exact) mass is 272 g/mol. The van der Waals surface area contributed by atoms with E-state index in [1.807, 2.05) is 0 Å². The van der Waals surface area contributed by atoms with E-state index in [1.54, 1.807) is 0 Å². The van der Waals surface area contributed by atoms with Gasteiger partial charge in [0.15, 0.2) is 0 Å². The fraction of sp³-hybridized carbons (Fsp3) is 0.500. The Bertz CT molecular complexity index is 423. The zero-order chi connectivity index (χ0) is 14.1. The normalized spacial score (nSPS) is 14.7. The molecule has 0 aromatic carbocycles. The predicted molar refractivity (Wildman–Crippen MR) is 51.5 cm³/mol. The van der Waals surface area contributed by atoms with Crippen LogP contribution in [0, 0.1) is 0 Å². The van der Waals surface area contributed by atoms with Crippen molar-refractivity contribution in [1.82, 2.24) is 4.98 Å². The molecule has 0 saturated heterocycles. The summed E-state index contributed by atoms with van der Waals surface area (Å²) in [4.78, 5) is 2.99. The second kappa shape index (κ2) is 4.75. The molecule has 0 bridgehead atoms. The highest BCUT2D eigenvalue weighted by Gasteiger charge is 2.39. The molecule has 18 heavy (non-hydrogen) atoms. The van der Waals surface area contributed by atoms with E-state index < -0.39 is 35.2 Å². The third kappa shape index (κ3) is 3.12. The van der Waals surface area contributed by atoms with Crippen LogP contribution in [0.25, 0.3) is 0 Å². The minimum absolute atomic E-state index is 0.00907. The molecule has 1 heterocycles. The summed E-state index contributed by atoms with van der Waals surface area (Å²) in [7, 11) is 0. The molecule has 0 spiro atoms. The maximum Gasteiger partial charge on any atom is 0.433 e. The van der Waals surface area contributed by atoms with Gasteiger partial charge in [0.2, 0.25) is 0 Å². The van der Waals surface area contributed by atoms with Gasteiger partial charge in [-0.3, -0.25) is 4.98 Å². The predicted octanol–water partition coefficient (Wildman–Crippen LogP) is 3.53. The molecule has 0 aliphatic heterocycles. The summed E-state index contributed by atoms with van der Waals surface area (Å²) < 4.78 is 74.9. The molecule has 2 nitrogen and oxygen atoms in total. The number of aromatic nitrogens is 1.